The fraction of sp³-hybridized carbons (Fsp3) is 0.409. The lowest BCUT2D eigenvalue weighted by atomic mass is 9.85. The number of aromatic nitrogens is 1. The van der Waals surface area contributed by atoms with Gasteiger partial charge in [-0.15, -0.1) is 0 Å². The molecule has 2 aliphatic heterocycles. The summed E-state index contributed by atoms with van der Waals surface area (Å²) < 4.78 is 1.28. The first-order valence-corrected chi connectivity index (χ1v) is 10.7. The first-order chi connectivity index (χ1) is 13.2. The van der Waals surface area contributed by atoms with E-state index in [0.29, 0.717) is 11.3 Å². The number of anilines is 1. The summed E-state index contributed by atoms with van der Waals surface area (Å²) in [6.45, 7) is 4.26. The second-order valence-electron chi connectivity index (χ2n) is 7.87. The van der Waals surface area contributed by atoms with Crippen molar-refractivity contribution in [3.05, 3.63) is 54.1 Å². The molecule has 1 aromatic heterocycles. The summed E-state index contributed by atoms with van der Waals surface area (Å²) in [5.41, 5.74) is 2.65. The standard InChI is InChI=1S/C22H25N3OS/c26-18-6-3-5-17(15-18)16-25-12-4-9-22(25)10-13-24(14-11-22)21-23-19-7-1-2-8-20(19)27-21/h1-3,5-8,15,26H,4,9-14,16H2. The number of nitrogens with zero attached hydrogens (tertiary/aromatic N) is 3. The van der Waals surface area contributed by atoms with Crippen molar-refractivity contribution in [3.8, 4) is 5.75 Å². The molecule has 140 valence electrons. The zero-order valence-electron chi connectivity index (χ0n) is 15.5. The number of likely N-dealkylation sites (tertiary alicyclic amines) is 1. The van der Waals surface area contributed by atoms with Gasteiger partial charge >= 0.3 is 0 Å². The van der Waals surface area contributed by atoms with Crippen LogP contribution in [0.1, 0.15) is 31.2 Å². The fourth-order valence-corrected chi connectivity index (χ4v) is 5.81. The summed E-state index contributed by atoms with van der Waals surface area (Å²) in [4.78, 5) is 9.99. The molecule has 0 atom stereocenters. The zero-order chi connectivity index (χ0) is 18.3. The van der Waals surface area contributed by atoms with Gasteiger partial charge in [0.15, 0.2) is 5.13 Å². The van der Waals surface area contributed by atoms with Crippen LogP contribution in [-0.2, 0) is 6.54 Å². The molecule has 4 nitrogen and oxygen atoms in total. The highest BCUT2D eigenvalue weighted by Gasteiger charge is 2.43. The minimum Gasteiger partial charge on any atom is -0.508 e. The van der Waals surface area contributed by atoms with E-state index in [1.165, 1.54) is 41.1 Å². The molecule has 5 rings (SSSR count). The van der Waals surface area contributed by atoms with Gasteiger partial charge in [0, 0.05) is 25.2 Å². The summed E-state index contributed by atoms with van der Waals surface area (Å²) in [5, 5.41) is 10.9. The van der Waals surface area contributed by atoms with Crippen molar-refractivity contribution in [3.63, 3.8) is 0 Å². The Morgan fingerprint density at radius 1 is 1.00 bits per heavy atom. The molecule has 2 aliphatic rings. The van der Waals surface area contributed by atoms with Gasteiger partial charge < -0.3 is 10.0 Å². The van der Waals surface area contributed by atoms with Gasteiger partial charge in [0.05, 0.1) is 10.2 Å². The van der Waals surface area contributed by atoms with Crippen LogP contribution in [0, 0.1) is 0 Å². The second-order valence-corrected chi connectivity index (χ2v) is 8.88. The van der Waals surface area contributed by atoms with Crippen LogP contribution in [0.25, 0.3) is 10.2 Å². The van der Waals surface area contributed by atoms with E-state index in [0.717, 1.165) is 31.7 Å². The van der Waals surface area contributed by atoms with Crippen LogP contribution in [0.2, 0.25) is 0 Å². The number of rotatable bonds is 3. The monoisotopic (exact) mass is 379 g/mol. The van der Waals surface area contributed by atoms with E-state index >= 15 is 0 Å². The predicted molar refractivity (Wildman–Crippen MR) is 112 cm³/mol. The highest BCUT2D eigenvalue weighted by atomic mass is 32.1. The highest BCUT2D eigenvalue weighted by molar-refractivity contribution is 7.22. The minimum absolute atomic E-state index is 0.318. The Labute approximate surface area is 164 Å². The number of benzene rings is 2. The maximum Gasteiger partial charge on any atom is 0.186 e. The smallest absolute Gasteiger partial charge is 0.186 e. The van der Waals surface area contributed by atoms with Crippen molar-refractivity contribution in [1.29, 1.82) is 0 Å². The Hall–Kier alpha value is -2.11. The van der Waals surface area contributed by atoms with E-state index in [2.05, 4.69) is 40.1 Å². The number of aromatic hydroxyl groups is 1. The van der Waals surface area contributed by atoms with Gasteiger partial charge in [-0.3, -0.25) is 4.90 Å². The Kier molecular flexibility index (Phi) is 4.29. The molecular weight excluding hydrogens is 354 g/mol. The highest BCUT2D eigenvalue weighted by Crippen LogP contribution is 2.41. The summed E-state index contributed by atoms with van der Waals surface area (Å²) >= 11 is 1.81. The quantitative estimate of drug-likeness (QED) is 0.720. The number of phenols is 1. The van der Waals surface area contributed by atoms with Crippen LogP contribution in [0.15, 0.2) is 48.5 Å². The van der Waals surface area contributed by atoms with Crippen molar-refractivity contribution in [2.45, 2.75) is 37.8 Å². The van der Waals surface area contributed by atoms with E-state index < -0.39 is 0 Å². The second kappa shape index (κ2) is 6.80. The molecule has 1 spiro atoms. The SMILES string of the molecule is Oc1cccc(CN2CCCC23CCN(c2nc4ccccc4s2)CC3)c1. The van der Waals surface area contributed by atoms with E-state index in [9.17, 15) is 5.11 Å². The third kappa shape index (κ3) is 3.19. The molecule has 3 aromatic rings. The first kappa shape index (κ1) is 17.0. The van der Waals surface area contributed by atoms with Gasteiger partial charge in [-0.1, -0.05) is 35.6 Å². The predicted octanol–water partition coefficient (Wildman–Crippen LogP) is 4.64. The molecule has 0 unspecified atom stereocenters. The summed E-state index contributed by atoms with van der Waals surface area (Å²) in [7, 11) is 0. The maximum atomic E-state index is 9.78. The molecule has 0 amide bonds. The Bertz CT molecular complexity index is 912. The van der Waals surface area contributed by atoms with Gasteiger partial charge in [-0.25, -0.2) is 4.98 Å². The van der Waals surface area contributed by atoms with Gasteiger partial charge in [-0.2, -0.15) is 0 Å². The Morgan fingerprint density at radius 2 is 1.85 bits per heavy atom. The van der Waals surface area contributed by atoms with Gasteiger partial charge in [0.25, 0.3) is 0 Å². The molecule has 27 heavy (non-hydrogen) atoms. The van der Waals surface area contributed by atoms with Crippen LogP contribution < -0.4 is 4.90 Å². The number of hydrogen-bond acceptors (Lipinski definition) is 5. The van der Waals surface area contributed by atoms with Crippen LogP contribution in [0.3, 0.4) is 0 Å². The molecule has 0 bridgehead atoms. The summed E-state index contributed by atoms with van der Waals surface area (Å²) in [5.74, 6) is 0.367. The van der Waals surface area contributed by atoms with Gasteiger partial charge in [0.2, 0.25) is 0 Å². The first-order valence-electron chi connectivity index (χ1n) is 9.85. The van der Waals surface area contributed by atoms with Crippen LogP contribution in [0.5, 0.6) is 5.75 Å². The molecule has 1 N–H and O–H groups in total. The molecule has 0 aliphatic carbocycles. The van der Waals surface area contributed by atoms with Crippen molar-refractivity contribution < 1.29 is 5.11 Å². The third-order valence-electron chi connectivity index (χ3n) is 6.27. The van der Waals surface area contributed by atoms with Gasteiger partial charge in [0.1, 0.15) is 5.75 Å². The normalized spacial score (nSPS) is 19.9. The number of piperidine rings is 1. The topological polar surface area (TPSA) is 39.6 Å². The molecule has 3 heterocycles. The lowest BCUT2D eigenvalue weighted by molar-refractivity contribution is 0.0997. The third-order valence-corrected chi connectivity index (χ3v) is 7.37. The van der Waals surface area contributed by atoms with Crippen LogP contribution in [-0.4, -0.2) is 40.2 Å². The summed E-state index contributed by atoms with van der Waals surface area (Å²) in [6, 6.07) is 16.2. The largest absolute Gasteiger partial charge is 0.508 e. The van der Waals surface area contributed by atoms with Gasteiger partial charge in [-0.05, 0) is 62.1 Å². The molecule has 0 saturated carbocycles. The van der Waals surface area contributed by atoms with Crippen molar-refractivity contribution >= 4 is 26.7 Å². The number of fused-ring (bicyclic) bond motifs is 1. The molecule has 0 radical (unpaired) electrons. The Morgan fingerprint density at radius 3 is 2.67 bits per heavy atom. The number of thiazole rings is 1. The van der Waals surface area contributed by atoms with E-state index in [4.69, 9.17) is 4.98 Å². The average Bonchev–Trinajstić information content (AvgIpc) is 3.27. The molecular formula is C22H25N3OS. The lowest BCUT2D eigenvalue weighted by Gasteiger charge is -2.45. The molecule has 2 aromatic carbocycles. The zero-order valence-corrected chi connectivity index (χ0v) is 16.3. The fourth-order valence-electron chi connectivity index (χ4n) is 4.79. The lowest BCUT2D eigenvalue weighted by Crippen LogP contribution is -2.51. The maximum absolute atomic E-state index is 9.78. The van der Waals surface area contributed by atoms with Crippen LogP contribution >= 0.6 is 11.3 Å². The Balaban J connectivity index is 1.30. The van der Waals surface area contributed by atoms with E-state index in [-0.39, 0.29) is 0 Å². The molecule has 5 heteroatoms. The van der Waals surface area contributed by atoms with E-state index in [1.807, 2.05) is 23.5 Å². The average molecular weight is 380 g/mol. The van der Waals surface area contributed by atoms with Crippen molar-refractivity contribution in [1.82, 2.24) is 9.88 Å². The van der Waals surface area contributed by atoms with E-state index in [1.54, 1.807) is 6.07 Å². The summed E-state index contributed by atoms with van der Waals surface area (Å²) in [6.07, 6.45) is 4.96. The number of para-hydroxylation sites is 1. The number of phenolic OH excluding ortho intramolecular Hbond substituents is 1. The minimum atomic E-state index is 0.318. The molecule has 2 saturated heterocycles. The number of hydrogen-bond donors (Lipinski definition) is 1. The molecule has 2 fully saturated rings. The van der Waals surface area contributed by atoms with Crippen molar-refractivity contribution in [2.75, 3.05) is 24.5 Å². The van der Waals surface area contributed by atoms with Crippen LogP contribution in [0.4, 0.5) is 5.13 Å². The van der Waals surface area contributed by atoms with Crippen molar-refractivity contribution in [2.24, 2.45) is 0 Å².